The third kappa shape index (κ3) is 6.46. The van der Waals surface area contributed by atoms with Crippen molar-refractivity contribution in [3.8, 4) is 17.2 Å². The topological polar surface area (TPSA) is 119 Å². The van der Waals surface area contributed by atoms with Gasteiger partial charge < -0.3 is 29.7 Å². The number of carbonyl (C=O) groups excluding carboxylic acids is 3. The summed E-state index contributed by atoms with van der Waals surface area (Å²) in [4.78, 5) is 44.1. The second-order valence-electron chi connectivity index (χ2n) is 9.47. The van der Waals surface area contributed by atoms with Crippen molar-refractivity contribution >= 4 is 17.7 Å². The largest absolute Gasteiger partial charge is 0.493 e. The molecule has 0 radical (unpaired) electrons. The Morgan fingerprint density at radius 3 is 2.51 bits per heavy atom. The number of pyridine rings is 1. The monoisotopic (exact) mass is 530 g/mol. The molecule has 202 valence electrons. The van der Waals surface area contributed by atoms with Crippen LogP contribution in [-0.4, -0.2) is 66.6 Å². The van der Waals surface area contributed by atoms with Gasteiger partial charge in [-0.05, 0) is 53.9 Å². The van der Waals surface area contributed by atoms with Crippen LogP contribution in [0.15, 0.2) is 67.0 Å². The van der Waals surface area contributed by atoms with Crippen molar-refractivity contribution in [1.82, 2.24) is 20.5 Å². The van der Waals surface area contributed by atoms with Gasteiger partial charge in [0.1, 0.15) is 11.9 Å². The fourth-order valence-electron chi connectivity index (χ4n) is 4.65. The molecule has 1 saturated heterocycles. The molecule has 39 heavy (non-hydrogen) atoms. The predicted octanol–water partition coefficient (Wildman–Crippen LogP) is 2.12. The summed E-state index contributed by atoms with van der Waals surface area (Å²) < 4.78 is 17.4. The first-order chi connectivity index (χ1) is 19.0. The first kappa shape index (κ1) is 26.0. The quantitative estimate of drug-likeness (QED) is 0.521. The molecular weight excluding hydrogens is 500 g/mol. The molecule has 2 aromatic carbocycles. The molecule has 1 aromatic heterocycles. The van der Waals surface area contributed by atoms with E-state index in [0.717, 1.165) is 11.1 Å². The van der Waals surface area contributed by atoms with E-state index in [1.165, 1.54) is 7.11 Å². The predicted molar refractivity (Wildman–Crippen MR) is 142 cm³/mol. The van der Waals surface area contributed by atoms with Gasteiger partial charge in [0.25, 0.3) is 11.8 Å². The zero-order chi connectivity index (χ0) is 27.2. The Hall–Kier alpha value is -4.60. The number of hydrogen-bond acceptors (Lipinski definition) is 7. The number of rotatable bonds is 2. The molecule has 10 heteroatoms. The number of hydrogen-bond donors (Lipinski definition) is 2. The highest BCUT2D eigenvalue weighted by Crippen LogP contribution is 2.29. The van der Waals surface area contributed by atoms with Crippen molar-refractivity contribution in [2.75, 3.05) is 26.8 Å². The second-order valence-corrected chi connectivity index (χ2v) is 9.47. The summed E-state index contributed by atoms with van der Waals surface area (Å²) in [7, 11) is 1.53. The number of likely N-dealkylation sites (tertiary alicyclic amines) is 1. The minimum atomic E-state index is -0.438. The Bertz CT molecular complexity index is 1330. The van der Waals surface area contributed by atoms with Crippen LogP contribution in [0.3, 0.4) is 0 Å². The lowest BCUT2D eigenvalue weighted by Crippen LogP contribution is -2.45. The van der Waals surface area contributed by atoms with E-state index in [-0.39, 0.29) is 30.7 Å². The number of methoxy groups -OCH3 is 1. The summed E-state index contributed by atoms with van der Waals surface area (Å²) in [5.74, 6) is 0.989. The summed E-state index contributed by atoms with van der Waals surface area (Å²) in [5, 5.41) is 5.92. The van der Waals surface area contributed by atoms with E-state index >= 15 is 0 Å². The standard InChI is InChI=1S/C29H30N4O6/c1-37-25-14-19-4-8-24(25)38-18-28(35)31-15-20-2-6-22(7-3-20)39-26-17-33(16-23(26)32-27(34)9-5-19)29(36)21-10-12-30-13-11-21/h2-4,6-8,10-14,23,26H,5,9,15-18H2,1H3,(H,31,35)(H,32,34)/t23-,26-/m0/s1. The third-order valence-corrected chi connectivity index (χ3v) is 6.76. The van der Waals surface area contributed by atoms with Crippen molar-refractivity contribution in [2.45, 2.75) is 31.5 Å². The number of nitrogens with one attached hydrogen (secondary N) is 2. The molecule has 10 nitrogen and oxygen atoms in total. The fraction of sp³-hybridized carbons (Fsp3) is 0.310. The zero-order valence-corrected chi connectivity index (χ0v) is 21.6. The summed E-state index contributed by atoms with van der Waals surface area (Å²) in [5.41, 5.74) is 2.31. The highest BCUT2D eigenvalue weighted by Gasteiger charge is 2.38. The number of carbonyl (C=O) groups is 3. The average Bonchev–Trinajstić information content (AvgIpc) is 3.35. The van der Waals surface area contributed by atoms with Gasteiger partial charge >= 0.3 is 0 Å². The highest BCUT2D eigenvalue weighted by atomic mass is 16.5. The lowest BCUT2D eigenvalue weighted by Gasteiger charge is -2.21. The van der Waals surface area contributed by atoms with E-state index in [1.54, 1.807) is 41.6 Å². The first-order valence-corrected chi connectivity index (χ1v) is 12.8. The molecule has 8 rings (SSSR count). The van der Waals surface area contributed by atoms with Crippen LogP contribution in [0.1, 0.15) is 27.9 Å². The maximum atomic E-state index is 13.1. The molecule has 0 aliphatic carbocycles. The number of aryl methyl sites for hydroxylation is 1. The van der Waals surface area contributed by atoms with Crippen molar-refractivity contribution in [2.24, 2.45) is 0 Å². The number of ether oxygens (including phenoxy) is 3. The maximum absolute atomic E-state index is 13.1. The Morgan fingerprint density at radius 1 is 0.974 bits per heavy atom. The number of nitrogens with zero attached hydrogens (tertiary/aromatic N) is 2. The molecule has 2 atom stereocenters. The van der Waals surface area contributed by atoms with Gasteiger partial charge in [-0.15, -0.1) is 0 Å². The van der Waals surface area contributed by atoms with Crippen LogP contribution in [0.2, 0.25) is 0 Å². The van der Waals surface area contributed by atoms with Gasteiger partial charge in [-0.25, -0.2) is 0 Å². The Labute approximate surface area is 226 Å². The van der Waals surface area contributed by atoms with Crippen molar-refractivity contribution in [3.05, 3.63) is 83.7 Å². The van der Waals surface area contributed by atoms with Crippen molar-refractivity contribution in [1.29, 1.82) is 0 Å². The molecule has 5 aliphatic rings. The molecule has 3 amide bonds. The van der Waals surface area contributed by atoms with Crippen LogP contribution < -0.4 is 24.8 Å². The van der Waals surface area contributed by atoms with Gasteiger partial charge in [-0.3, -0.25) is 19.4 Å². The Balaban J connectivity index is 1.37. The Morgan fingerprint density at radius 2 is 1.74 bits per heavy atom. The smallest absolute Gasteiger partial charge is 0.258 e. The number of amides is 3. The van der Waals surface area contributed by atoms with Crippen LogP contribution >= 0.6 is 0 Å². The summed E-state index contributed by atoms with van der Waals surface area (Å²) in [6, 6.07) is 15.7. The lowest BCUT2D eigenvalue weighted by molar-refractivity contribution is -0.123. The lowest BCUT2D eigenvalue weighted by atomic mass is 10.1. The van der Waals surface area contributed by atoms with E-state index in [0.29, 0.717) is 48.9 Å². The molecule has 4 bridgehead atoms. The van der Waals surface area contributed by atoms with Crippen LogP contribution in [0.5, 0.6) is 17.2 Å². The maximum Gasteiger partial charge on any atom is 0.258 e. The molecule has 0 unspecified atom stereocenters. The van der Waals surface area contributed by atoms with Gasteiger partial charge in [0.15, 0.2) is 18.1 Å². The van der Waals surface area contributed by atoms with E-state index in [4.69, 9.17) is 14.2 Å². The van der Waals surface area contributed by atoms with E-state index in [9.17, 15) is 14.4 Å². The van der Waals surface area contributed by atoms with Gasteiger partial charge in [0.05, 0.1) is 19.7 Å². The van der Waals surface area contributed by atoms with Crippen molar-refractivity contribution in [3.63, 3.8) is 0 Å². The van der Waals surface area contributed by atoms with E-state index in [2.05, 4.69) is 15.6 Å². The van der Waals surface area contributed by atoms with Crippen LogP contribution in [0, 0.1) is 0 Å². The molecule has 3 aromatic rings. The van der Waals surface area contributed by atoms with Gasteiger partial charge in [-0.1, -0.05) is 18.2 Å². The first-order valence-electron chi connectivity index (χ1n) is 12.8. The number of aromatic nitrogens is 1. The van der Waals surface area contributed by atoms with Crippen LogP contribution in [-0.2, 0) is 22.6 Å². The van der Waals surface area contributed by atoms with Gasteiger partial charge in [0.2, 0.25) is 5.91 Å². The number of benzene rings is 2. The minimum Gasteiger partial charge on any atom is -0.493 e. The summed E-state index contributed by atoms with van der Waals surface area (Å²) >= 11 is 0. The molecule has 6 heterocycles. The van der Waals surface area contributed by atoms with Gasteiger partial charge in [-0.2, -0.15) is 0 Å². The van der Waals surface area contributed by atoms with Crippen molar-refractivity contribution < 1.29 is 28.6 Å². The average molecular weight is 531 g/mol. The summed E-state index contributed by atoms with van der Waals surface area (Å²) in [6.45, 7) is 0.816. The third-order valence-electron chi connectivity index (χ3n) is 6.76. The van der Waals surface area contributed by atoms with Gasteiger partial charge in [0, 0.05) is 37.5 Å². The molecular formula is C29H30N4O6. The molecule has 5 aliphatic heterocycles. The molecule has 2 N–H and O–H groups in total. The highest BCUT2D eigenvalue weighted by molar-refractivity contribution is 5.94. The fourth-order valence-corrected chi connectivity index (χ4v) is 4.65. The SMILES string of the molecule is COc1cc2ccc1OCC(=O)NCc1ccc(cc1)O[C@H]1CN(C(=O)c3ccncc3)C[C@@H]1NC(=O)CC2. The minimum absolute atomic E-state index is 0.145. The Kier molecular flexibility index (Phi) is 7.91. The summed E-state index contributed by atoms with van der Waals surface area (Å²) in [6.07, 6.45) is 3.43. The van der Waals surface area contributed by atoms with Crippen LogP contribution in [0.25, 0.3) is 0 Å². The van der Waals surface area contributed by atoms with E-state index in [1.807, 2.05) is 30.3 Å². The van der Waals surface area contributed by atoms with E-state index < -0.39 is 12.1 Å². The van der Waals surface area contributed by atoms with Crippen LogP contribution in [0.4, 0.5) is 0 Å². The zero-order valence-electron chi connectivity index (χ0n) is 21.6. The molecule has 0 spiro atoms. The molecule has 0 saturated carbocycles. The normalized spacial score (nSPS) is 19.8. The second kappa shape index (κ2) is 11.8. The molecule has 1 fully saturated rings.